The molecule has 0 radical (unpaired) electrons. The Morgan fingerprint density at radius 2 is 2.12 bits per heavy atom. The van der Waals surface area contributed by atoms with Crippen molar-refractivity contribution in [3.05, 3.63) is 27.5 Å². The summed E-state index contributed by atoms with van der Waals surface area (Å²) < 4.78 is 2.80. The summed E-state index contributed by atoms with van der Waals surface area (Å²) in [5, 5.41) is 0.443. The number of aryl methyl sites for hydroxylation is 1. The van der Waals surface area contributed by atoms with Crippen LogP contribution in [-0.4, -0.2) is 37.8 Å². The number of halogens is 2. The second-order valence-electron chi connectivity index (χ2n) is 7.64. The molecule has 4 heterocycles. The molecule has 24 heavy (non-hydrogen) atoms. The zero-order valence-corrected chi connectivity index (χ0v) is 16.4. The standard InChI is InChI=1S/C17H20BrClN4O/c1-9-7-20-15(19)13-14(18)21-16(23(9)13)10-4-5-11-17(2,3)6-12(24)22(11)8-10/h7,10-11H,4-6,8H2,1-3H3. The maximum atomic E-state index is 12.4. The molecule has 0 spiro atoms. The molecule has 7 heteroatoms. The molecule has 0 N–H and O–H groups in total. The first-order chi connectivity index (χ1) is 11.3. The van der Waals surface area contributed by atoms with Crippen molar-refractivity contribution < 1.29 is 4.79 Å². The molecule has 128 valence electrons. The summed E-state index contributed by atoms with van der Waals surface area (Å²) in [4.78, 5) is 23.5. The average molecular weight is 412 g/mol. The van der Waals surface area contributed by atoms with Gasteiger partial charge >= 0.3 is 0 Å². The minimum absolute atomic E-state index is 0.0699. The number of fused-ring (bicyclic) bond motifs is 2. The van der Waals surface area contributed by atoms with Gasteiger partial charge in [-0.25, -0.2) is 9.97 Å². The first-order valence-electron chi connectivity index (χ1n) is 8.28. The largest absolute Gasteiger partial charge is 0.338 e. The summed E-state index contributed by atoms with van der Waals surface area (Å²) in [6.45, 7) is 7.14. The maximum absolute atomic E-state index is 12.4. The van der Waals surface area contributed by atoms with Crippen LogP contribution >= 0.6 is 27.5 Å². The van der Waals surface area contributed by atoms with Gasteiger partial charge in [0.1, 0.15) is 15.9 Å². The van der Waals surface area contributed by atoms with Gasteiger partial charge in [0.05, 0.1) is 0 Å². The molecular formula is C17H20BrClN4O. The number of amides is 1. The van der Waals surface area contributed by atoms with E-state index in [9.17, 15) is 4.79 Å². The SMILES string of the molecule is Cc1cnc(Cl)c2c(Br)nc(C3CCC4N(C3)C(=O)CC4(C)C)n12. The van der Waals surface area contributed by atoms with Crippen LogP contribution in [0.2, 0.25) is 5.15 Å². The number of hydrogen-bond acceptors (Lipinski definition) is 3. The predicted octanol–water partition coefficient (Wildman–Crippen LogP) is 3.96. The van der Waals surface area contributed by atoms with Crippen molar-refractivity contribution in [3.8, 4) is 0 Å². The molecule has 0 saturated carbocycles. The Morgan fingerprint density at radius 3 is 2.88 bits per heavy atom. The molecule has 1 amide bonds. The Kier molecular flexibility index (Phi) is 3.69. The molecule has 4 rings (SSSR count). The van der Waals surface area contributed by atoms with E-state index in [2.05, 4.69) is 44.1 Å². The highest BCUT2D eigenvalue weighted by Gasteiger charge is 2.48. The molecule has 5 nitrogen and oxygen atoms in total. The molecule has 0 aliphatic carbocycles. The van der Waals surface area contributed by atoms with Gasteiger partial charge in [-0.2, -0.15) is 0 Å². The van der Waals surface area contributed by atoms with Gasteiger partial charge in [0, 0.05) is 36.8 Å². The highest BCUT2D eigenvalue weighted by Crippen LogP contribution is 2.45. The van der Waals surface area contributed by atoms with E-state index in [4.69, 9.17) is 16.6 Å². The molecule has 0 bridgehead atoms. The number of rotatable bonds is 1. The van der Waals surface area contributed by atoms with Gasteiger partial charge in [0.15, 0.2) is 5.15 Å². The van der Waals surface area contributed by atoms with Crippen LogP contribution in [0.15, 0.2) is 10.8 Å². The molecule has 2 aliphatic rings. The first kappa shape index (κ1) is 16.3. The molecule has 2 saturated heterocycles. The fourth-order valence-electron chi connectivity index (χ4n) is 4.37. The molecule has 2 aliphatic heterocycles. The Balaban J connectivity index is 1.75. The first-order valence-corrected chi connectivity index (χ1v) is 9.45. The zero-order chi connectivity index (χ0) is 17.2. The Bertz CT molecular complexity index is 847. The van der Waals surface area contributed by atoms with Crippen molar-refractivity contribution in [2.24, 2.45) is 5.41 Å². The van der Waals surface area contributed by atoms with Crippen LogP contribution in [0.4, 0.5) is 0 Å². The van der Waals surface area contributed by atoms with Gasteiger partial charge in [0.2, 0.25) is 5.91 Å². The van der Waals surface area contributed by atoms with Crippen LogP contribution in [0.3, 0.4) is 0 Å². The summed E-state index contributed by atoms with van der Waals surface area (Å²) in [6, 6.07) is 0.349. The second kappa shape index (κ2) is 5.43. The Hall–Kier alpha value is -1.14. The van der Waals surface area contributed by atoms with E-state index in [1.165, 1.54) is 0 Å². The third-order valence-electron chi connectivity index (χ3n) is 5.55. The number of imidazole rings is 1. The molecule has 2 aromatic heterocycles. The molecular weight excluding hydrogens is 392 g/mol. The fourth-order valence-corrected chi connectivity index (χ4v) is 5.25. The number of hydrogen-bond donors (Lipinski definition) is 0. The average Bonchev–Trinajstić information content (AvgIpc) is 2.99. The molecule has 2 fully saturated rings. The van der Waals surface area contributed by atoms with Gasteiger partial charge in [-0.1, -0.05) is 25.4 Å². The van der Waals surface area contributed by atoms with Crippen molar-refractivity contribution in [1.29, 1.82) is 0 Å². The predicted molar refractivity (Wildman–Crippen MR) is 96.3 cm³/mol. The lowest BCUT2D eigenvalue weighted by Crippen LogP contribution is -2.44. The topological polar surface area (TPSA) is 50.5 Å². The van der Waals surface area contributed by atoms with Gasteiger partial charge in [0.25, 0.3) is 0 Å². The van der Waals surface area contributed by atoms with E-state index in [-0.39, 0.29) is 17.2 Å². The van der Waals surface area contributed by atoms with E-state index in [1.54, 1.807) is 6.20 Å². The molecule has 0 aromatic carbocycles. The number of carbonyl (C=O) groups excluding carboxylic acids is 1. The summed E-state index contributed by atoms with van der Waals surface area (Å²) in [5.41, 5.74) is 1.88. The maximum Gasteiger partial charge on any atom is 0.223 e. The monoisotopic (exact) mass is 410 g/mol. The normalized spacial score (nSPS) is 26.2. The summed E-state index contributed by atoms with van der Waals surface area (Å²) in [6.07, 6.45) is 4.46. The van der Waals surface area contributed by atoms with E-state index in [1.807, 2.05) is 6.92 Å². The number of aromatic nitrogens is 3. The number of nitrogens with zero attached hydrogens (tertiary/aromatic N) is 4. The lowest BCUT2D eigenvalue weighted by molar-refractivity contribution is -0.130. The minimum Gasteiger partial charge on any atom is -0.338 e. The van der Waals surface area contributed by atoms with Crippen LogP contribution in [0, 0.1) is 12.3 Å². The highest BCUT2D eigenvalue weighted by molar-refractivity contribution is 9.10. The lowest BCUT2D eigenvalue weighted by Gasteiger charge is -2.39. The smallest absolute Gasteiger partial charge is 0.223 e. The second-order valence-corrected chi connectivity index (χ2v) is 8.75. The van der Waals surface area contributed by atoms with E-state index < -0.39 is 0 Å². The Labute approximate surface area is 154 Å². The van der Waals surface area contributed by atoms with Crippen LogP contribution in [0.25, 0.3) is 5.52 Å². The molecule has 2 aromatic rings. The van der Waals surface area contributed by atoms with E-state index >= 15 is 0 Å². The minimum atomic E-state index is 0.0699. The third-order valence-corrected chi connectivity index (χ3v) is 6.38. The highest BCUT2D eigenvalue weighted by atomic mass is 79.9. The summed E-state index contributed by atoms with van der Waals surface area (Å²) in [7, 11) is 0. The van der Waals surface area contributed by atoms with Crippen molar-refractivity contribution in [1.82, 2.24) is 19.3 Å². The lowest BCUT2D eigenvalue weighted by atomic mass is 9.79. The van der Waals surface area contributed by atoms with Crippen LogP contribution in [0.1, 0.15) is 50.5 Å². The van der Waals surface area contributed by atoms with Crippen molar-refractivity contribution in [2.45, 2.75) is 52.0 Å². The molecule has 2 atom stereocenters. The van der Waals surface area contributed by atoms with Crippen molar-refractivity contribution >= 4 is 39.0 Å². The quantitative estimate of drug-likeness (QED) is 0.714. The van der Waals surface area contributed by atoms with Crippen molar-refractivity contribution in [3.63, 3.8) is 0 Å². The van der Waals surface area contributed by atoms with Crippen LogP contribution < -0.4 is 0 Å². The van der Waals surface area contributed by atoms with Crippen molar-refractivity contribution in [2.75, 3.05) is 6.54 Å². The van der Waals surface area contributed by atoms with Gasteiger partial charge in [-0.05, 0) is 41.1 Å². The Morgan fingerprint density at radius 1 is 1.38 bits per heavy atom. The van der Waals surface area contributed by atoms with Gasteiger partial charge in [-0.3, -0.25) is 9.20 Å². The number of piperidine rings is 1. The fraction of sp³-hybridized carbons (Fsp3) is 0.588. The summed E-state index contributed by atoms with van der Waals surface area (Å²) >= 11 is 9.79. The zero-order valence-electron chi connectivity index (χ0n) is 14.0. The van der Waals surface area contributed by atoms with Gasteiger partial charge < -0.3 is 4.90 Å². The van der Waals surface area contributed by atoms with Crippen LogP contribution in [-0.2, 0) is 4.79 Å². The van der Waals surface area contributed by atoms with Gasteiger partial charge in [-0.15, -0.1) is 0 Å². The molecule has 2 unspecified atom stereocenters. The van der Waals surface area contributed by atoms with Crippen LogP contribution in [0.5, 0.6) is 0 Å². The summed E-state index contributed by atoms with van der Waals surface area (Å²) in [5.74, 6) is 1.45. The van der Waals surface area contributed by atoms with E-state index in [0.29, 0.717) is 22.2 Å². The van der Waals surface area contributed by atoms with E-state index in [0.717, 1.165) is 36.4 Å². The third kappa shape index (κ3) is 2.30. The number of carbonyl (C=O) groups is 1.